The molecular formula is C13H19BrN2. The van der Waals surface area contributed by atoms with E-state index in [1.54, 1.807) is 0 Å². The molecule has 0 bridgehead atoms. The zero-order chi connectivity index (χ0) is 11.5. The van der Waals surface area contributed by atoms with E-state index in [1.807, 2.05) is 0 Å². The summed E-state index contributed by atoms with van der Waals surface area (Å²) in [6, 6.07) is 7.08. The number of hydrogen-bond donors (Lipinski definition) is 1. The first-order chi connectivity index (χ1) is 7.65. The quantitative estimate of drug-likeness (QED) is 0.896. The Balaban J connectivity index is 2.00. The minimum atomic E-state index is 0.620. The first kappa shape index (κ1) is 11.9. The van der Waals surface area contributed by atoms with Crippen LogP contribution in [-0.4, -0.2) is 31.1 Å². The summed E-state index contributed by atoms with van der Waals surface area (Å²) < 4.78 is 1.16. The van der Waals surface area contributed by atoms with Crippen molar-refractivity contribution in [2.45, 2.75) is 25.8 Å². The topological polar surface area (TPSA) is 15.3 Å². The second-order valence-corrected chi connectivity index (χ2v) is 5.56. The van der Waals surface area contributed by atoms with E-state index in [0.29, 0.717) is 6.04 Å². The van der Waals surface area contributed by atoms with Gasteiger partial charge in [-0.05, 0) is 73.5 Å². The first-order valence-corrected chi connectivity index (χ1v) is 6.65. The Bertz CT molecular complexity index is 357. The van der Waals surface area contributed by atoms with Crippen LogP contribution in [0.3, 0.4) is 0 Å². The lowest BCUT2D eigenvalue weighted by Crippen LogP contribution is -2.36. The van der Waals surface area contributed by atoms with Crippen molar-refractivity contribution >= 4 is 21.6 Å². The summed E-state index contributed by atoms with van der Waals surface area (Å²) in [6.45, 7) is 4.52. The number of aryl methyl sites for hydroxylation is 1. The van der Waals surface area contributed by atoms with Gasteiger partial charge in [0.1, 0.15) is 0 Å². The Morgan fingerprint density at radius 1 is 1.31 bits per heavy atom. The molecule has 1 aliphatic heterocycles. The van der Waals surface area contributed by atoms with Crippen LogP contribution in [-0.2, 0) is 0 Å². The molecule has 1 aromatic rings. The standard InChI is InChI=1S/C13H19BrN2/c1-10-3-4-12(14)13(9-10)15-11-5-7-16(2)8-6-11/h3-4,9,11,15H,5-8H2,1-2H3. The molecule has 0 saturated carbocycles. The van der Waals surface area contributed by atoms with Crippen molar-refractivity contribution in [2.75, 3.05) is 25.5 Å². The van der Waals surface area contributed by atoms with Crippen LogP contribution in [0, 0.1) is 6.92 Å². The molecule has 2 nitrogen and oxygen atoms in total. The Labute approximate surface area is 106 Å². The van der Waals surface area contributed by atoms with Crippen molar-refractivity contribution in [3.05, 3.63) is 28.2 Å². The number of anilines is 1. The third kappa shape index (κ3) is 2.98. The van der Waals surface area contributed by atoms with Crippen LogP contribution in [0.5, 0.6) is 0 Å². The number of likely N-dealkylation sites (tertiary alicyclic amines) is 1. The molecule has 16 heavy (non-hydrogen) atoms. The molecule has 1 saturated heterocycles. The van der Waals surface area contributed by atoms with E-state index in [1.165, 1.54) is 37.2 Å². The minimum Gasteiger partial charge on any atom is -0.381 e. The second kappa shape index (κ2) is 5.19. The average molecular weight is 283 g/mol. The molecule has 0 aromatic heterocycles. The summed E-state index contributed by atoms with van der Waals surface area (Å²) in [4.78, 5) is 2.39. The molecule has 1 heterocycles. The van der Waals surface area contributed by atoms with E-state index in [4.69, 9.17) is 0 Å². The van der Waals surface area contributed by atoms with Crippen LogP contribution in [0.25, 0.3) is 0 Å². The maximum atomic E-state index is 3.64. The summed E-state index contributed by atoms with van der Waals surface area (Å²) in [5.41, 5.74) is 2.54. The highest BCUT2D eigenvalue weighted by atomic mass is 79.9. The predicted molar refractivity (Wildman–Crippen MR) is 73.0 cm³/mol. The molecule has 1 aromatic carbocycles. The van der Waals surface area contributed by atoms with Crippen LogP contribution in [0.4, 0.5) is 5.69 Å². The number of halogens is 1. The highest BCUT2D eigenvalue weighted by molar-refractivity contribution is 9.10. The fourth-order valence-electron chi connectivity index (χ4n) is 2.12. The normalized spacial score (nSPS) is 18.7. The lowest BCUT2D eigenvalue weighted by Gasteiger charge is -2.30. The molecule has 1 aliphatic rings. The van der Waals surface area contributed by atoms with E-state index in [-0.39, 0.29) is 0 Å². The van der Waals surface area contributed by atoms with Crippen molar-refractivity contribution in [3.8, 4) is 0 Å². The van der Waals surface area contributed by atoms with Gasteiger partial charge in [-0.2, -0.15) is 0 Å². The average Bonchev–Trinajstić information content (AvgIpc) is 2.27. The molecule has 0 atom stereocenters. The third-order valence-corrected chi connectivity index (χ3v) is 3.89. The minimum absolute atomic E-state index is 0.620. The molecular weight excluding hydrogens is 264 g/mol. The molecule has 2 rings (SSSR count). The monoisotopic (exact) mass is 282 g/mol. The number of nitrogens with one attached hydrogen (secondary N) is 1. The van der Waals surface area contributed by atoms with Gasteiger partial charge in [0.05, 0.1) is 0 Å². The number of piperidine rings is 1. The number of benzene rings is 1. The lowest BCUT2D eigenvalue weighted by molar-refractivity contribution is 0.264. The van der Waals surface area contributed by atoms with Gasteiger partial charge in [-0.25, -0.2) is 0 Å². The zero-order valence-corrected chi connectivity index (χ0v) is 11.5. The largest absolute Gasteiger partial charge is 0.381 e. The highest BCUT2D eigenvalue weighted by Crippen LogP contribution is 2.25. The van der Waals surface area contributed by atoms with Crippen molar-refractivity contribution in [1.82, 2.24) is 4.90 Å². The second-order valence-electron chi connectivity index (χ2n) is 4.71. The number of nitrogens with zero attached hydrogens (tertiary/aromatic N) is 1. The summed E-state index contributed by atoms with van der Waals surface area (Å²) in [6.07, 6.45) is 2.47. The van der Waals surface area contributed by atoms with E-state index in [9.17, 15) is 0 Å². The van der Waals surface area contributed by atoms with Gasteiger partial charge >= 0.3 is 0 Å². The van der Waals surface area contributed by atoms with Crippen molar-refractivity contribution in [2.24, 2.45) is 0 Å². The molecule has 0 unspecified atom stereocenters. The van der Waals surface area contributed by atoms with Crippen LogP contribution in [0.1, 0.15) is 18.4 Å². The zero-order valence-electron chi connectivity index (χ0n) is 9.96. The molecule has 0 radical (unpaired) electrons. The van der Waals surface area contributed by atoms with Gasteiger partial charge < -0.3 is 10.2 Å². The van der Waals surface area contributed by atoms with Crippen molar-refractivity contribution in [3.63, 3.8) is 0 Å². The first-order valence-electron chi connectivity index (χ1n) is 5.86. The van der Waals surface area contributed by atoms with E-state index in [0.717, 1.165) is 4.47 Å². The van der Waals surface area contributed by atoms with Gasteiger partial charge in [0.25, 0.3) is 0 Å². The molecule has 0 amide bonds. The SMILES string of the molecule is Cc1ccc(Br)c(NC2CCN(C)CC2)c1. The van der Waals surface area contributed by atoms with Crippen LogP contribution in [0.15, 0.2) is 22.7 Å². The third-order valence-electron chi connectivity index (χ3n) is 3.20. The molecule has 3 heteroatoms. The number of hydrogen-bond acceptors (Lipinski definition) is 2. The van der Waals surface area contributed by atoms with Gasteiger partial charge in [-0.3, -0.25) is 0 Å². The Hall–Kier alpha value is -0.540. The maximum absolute atomic E-state index is 3.64. The van der Waals surface area contributed by atoms with Gasteiger partial charge in [0.2, 0.25) is 0 Å². The Morgan fingerprint density at radius 3 is 2.69 bits per heavy atom. The van der Waals surface area contributed by atoms with Gasteiger partial charge in [-0.15, -0.1) is 0 Å². The fourth-order valence-corrected chi connectivity index (χ4v) is 2.48. The molecule has 0 aliphatic carbocycles. The summed E-state index contributed by atoms with van der Waals surface area (Å²) in [5.74, 6) is 0. The van der Waals surface area contributed by atoms with Crippen LogP contribution >= 0.6 is 15.9 Å². The summed E-state index contributed by atoms with van der Waals surface area (Å²) in [5, 5.41) is 3.64. The lowest BCUT2D eigenvalue weighted by atomic mass is 10.0. The fraction of sp³-hybridized carbons (Fsp3) is 0.538. The van der Waals surface area contributed by atoms with E-state index >= 15 is 0 Å². The molecule has 0 spiro atoms. The molecule has 1 fully saturated rings. The Morgan fingerprint density at radius 2 is 2.00 bits per heavy atom. The van der Waals surface area contributed by atoms with Gasteiger partial charge in [0, 0.05) is 16.2 Å². The van der Waals surface area contributed by atoms with Crippen LogP contribution < -0.4 is 5.32 Å². The summed E-state index contributed by atoms with van der Waals surface area (Å²) in [7, 11) is 2.19. The van der Waals surface area contributed by atoms with Crippen LogP contribution in [0.2, 0.25) is 0 Å². The van der Waals surface area contributed by atoms with Gasteiger partial charge in [-0.1, -0.05) is 6.07 Å². The van der Waals surface area contributed by atoms with Crippen molar-refractivity contribution < 1.29 is 0 Å². The predicted octanol–water partition coefficient (Wildman–Crippen LogP) is 3.26. The molecule has 88 valence electrons. The highest BCUT2D eigenvalue weighted by Gasteiger charge is 2.16. The number of rotatable bonds is 2. The smallest absolute Gasteiger partial charge is 0.0489 e. The van der Waals surface area contributed by atoms with E-state index in [2.05, 4.69) is 58.3 Å². The molecule has 1 N–H and O–H groups in total. The maximum Gasteiger partial charge on any atom is 0.0489 e. The summed E-state index contributed by atoms with van der Waals surface area (Å²) >= 11 is 3.60. The Kier molecular flexibility index (Phi) is 3.87. The van der Waals surface area contributed by atoms with Crippen molar-refractivity contribution in [1.29, 1.82) is 0 Å². The van der Waals surface area contributed by atoms with E-state index < -0.39 is 0 Å². The van der Waals surface area contributed by atoms with Gasteiger partial charge in [0.15, 0.2) is 0 Å².